The van der Waals surface area contributed by atoms with Crippen molar-refractivity contribution in [2.45, 2.75) is 37.7 Å². The zero-order valence-electron chi connectivity index (χ0n) is 12.7. The fourth-order valence-electron chi connectivity index (χ4n) is 2.16. The first kappa shape index (κ1) is 16.5. The fraction of sp³-hybridized carbons (Fsp3) is 0.294. The van der Waals surface area contributed by atoms with E-state index >= 15 is 0 Å². The van der Waals surface area contributed by atoms with Gasteiger partial charge in [0.2, 0.25) is 0 Å². The Morgan fingerprint density at radius 3 is 2.32 bits per heavy atom. The number of hydrogen-bond donors (Lipinski definition) is 0. The Morgan fingerprint density at radius 2 is 1.73 bits per heavy atom. The largest absolute Gasteiger partial charge is 0.744 e. The molecule has 1 unspecified atom stereocenters. The van der Waals surface area contributed by atoms with Crippen LogP contribution < -0.4 is 4.74 Å². The Balaban J connectivity index is 2.11. The normalized spacial score (nSPS) is 12.9. The molecule has 0 bridgehead atoms. The van der Waals surface area contributed by atoms with E-state index in [4.69, 9.17) is 4.74 Å². The minimum Gasteiger partial charge on any atom is -0.744 e. The first-order chi connectivity index (χ1) is 10.4. The summed E-state index contributed by atoms with van der Waals surface area (Å²) in [6, 6.07) is 13.8. The molecule has 0 radical (unpaired) electrons. The van der Waals surface area contributed by atoms with Gasteiger partial charge in [0, 0.05) is 5.56 Å². The van der Waals surface area contributed by atoms with Crippen molar-refractivity contribution in [2.24, 2.45) is 0 Å². The molecule has 22 heavy (non-hydrogen) atoms. The summed E-state index contributed by atoms with van der Waals surface area (Å²) in [6.45, 7) is 4.33. The molecule has 0 saturated heterocycles. The van der Waals surface area contributed by atoms with Crippen molar-refractivity contribution in [3.8, 4) is 5.75 Å². The molecule has 1 atom stereocenters. The quantitative estimate of drug-likeness (QED) is 0.762. The minimum atomic E-state index is -4.49. The maximum absolute atomic E-state index is 11.2. The molecule has 0 spiro atoms. The lowest BCUT2D eigenvalue weighted by Gasteiger charge is -2.14. The van der Waals surface area contributed by atoms with Crippen LogP contribution in [0.1, 0.15) is 37.3 Å². The van der Waals surface area contributed by atoms with E-state index in [1.807, 2.05) is 24.3 Å². The van der Waals surface area contributed by atoms with Crippen LogP contribution in [0.3, 0.4) is 0 Å². The summed E-state index contributed by atoms with van der Waals surface area (Å²) in [5.41, 5.74) is 1.60. The molecule has 2 rings (SSSR count). The summed E-state index contributed by atoms with van der Waals surface area (Å²) in [5.74, 6) is 1.13. The second-order valence-corrected chi connectivity index (χ2v) is 6.58. The van der Waals surface area contributed by atoms with E-state index in [9.17, 15) is 13.0 Å². The van der Waals surface area contributed by atoms with Gasteiger partial charge in [0.25, 0.3) is 0 Å². The molecule has 2 aromatic carbocycles. The van der Waals surface area contributed by atoms with Crippen LogP contribution in [0.2, 0.25) is 0 Å². The predicted molar refractivity (Wildman–Crippen MR) is 83.9 cm³/mol. The van der Waals surface area contributed by atoms with Crippen molar-refractivity contribution in [3.05, 3.63) is 59.7 Å². The standard InChI is InChI=1S/C17H20O4S/c1-3-13(2)14-8-10-16(11-9-14)21-12-15-6-4-5-7-17(15)22(18,19)20/h4-11,13H,3,12H2,1-2H3,(H,18,19,20)/p-1. The van der Waals surface area contributed by atoms with E-state index in [0.29, 0.717) is 17.2 Å². The topological polar surface area (TPSA) is 66.4 Å². The highest BCUT2D eigenvalue weighted by Gasteiger charge is 2.09. The summed E-state index contributed by atoms with van der Waals surface area (Å²) >= 11 is 0. The number of benzene rings is 2. The van der Waals surface area contributed by atoms with E-state index in [1.54, 1.807) is 12.1 Å². The molecule has 4 nitrogen and oxygen atoms in total. The highest BCUT2D eigenvalue weighted by atomic mass is 32.2. The second-order valence-electron chi connectivity index (χ2n) is 5.23. The van der Waals surface area contributed by atoms with Crippen LogP contribution in [-0.4, -0.2) is 13.0 Å². The summed E-state index contributed by atoms with van der Waals surface area (Å²) in [7, 11) is -4.49. The first-order valence-electron chi connectivity index (χ1n) is 7.18. The molecular formula is C17H19O4S-. The maximum atomic E-state index is 11.2. The van der Waals surface area contributed by atoms with Gasteiger partial charge in [-0.1, -0.05) is 44.2 Å². The summed E-state index contributed by atoms with van der Waals surface area (Å²) in [6.07, 6.45) is 1.06. The van der Waals surface area contributed by atoms with Gasteiger partial charge in [0.1, 0.15) is 22.5 Å². The van der Waals surface area contributed by atoms with Crippen molar-refractivity contribution < 1.29 is 17.7 Å². The van der Waals surface area contributed by atoms with E-state index < -0.39 is 10.1 Å². The van der Waals surface area contributed by atoms with Gasteiger partial charge in [-0.2, -0.15) is 0 Å². The van der Waals surface area contributed by atoms with Gasteiger partial charge in [-0.3, -0.25) is 0 Å². The van der Waals surface area contributed by atoms with Crippen molar-refractivity contribution in [3.63, 3.8) is 0 Å². The number of rotatable bonds is 6. The van der Waals surface area contributed by atoms with E-state index in [0.717, 1.165) is 6.42 Å². The van der Waals surface area contributed by atoms with Gasteiger partial charge in [-0.05, 0) is 36.1 Å². The second kappa shape index (κ2) is 6.94. The van der Waals surface area contributed by atoms with Crippen LogP contribution in [0.4, 0.5) is 0 Å². The minimum absolute atomic E-state index is 0.0420. The Kier molecular flexibility index (Phi) is 5.21. The van der Waals surface area contributed by atoms with Crippen LogP contribution in [0.15, 0.2) is 53.4 Å². The molecule has 118 valence electrons. The fourth-order valence-corrected chi connectivity index (χ4v) is 2.85. The maximum Gasteiger partial charge on any atom is 0.124 e. The third-order valence-corrected chi connectivity index (χ3v) is 4.63. The first-order valence-corrected chi connectivity index (χ1v) is 8.59. The Hall–Kier alpha value is -1.85. The van der Waals surface area contributed by atoms with Crippen LogP contribution in [0, 0.1) is 0 Å². The summed E-state index contributed by atoms with van der Waals surface area (Å²) in [4.78, 5) is -0.230. The molecule has 0 aliphatic carbocycles. The van der Waals surface area contributed by atoms with Gasteiger partial charge in [0.15, 0.2) is 0 Å². The molecular weight excluding hydrogens is 300 g/mol. The Labute approximate surface area is 131 Å². The molecule has 0 fully saturated rings. The molecule has 0 saturated carbocycles. The highest BCUT2D eigenvalue weighted by Crippen LogP contribution is 2.23. The third-order valence-electron chi connectivity index (χ3n) is 3.70. The number of hydrogen-bond acceptors (Lipinski definition) is 4. The van der Waals surface area contributed by atoms with Gasteiger partial charge < -0.3 is 9.29 Å². The molecule has 5 heteroatoms. The van der Waals surface area contributed by atoms with Crippen LogP contribution >= 0.6 is 0 Å². The smallest absolute Gasteiger partial charge is 0.124 e. The van der Waals surface area contributed by atoms with Crippen LogP contribution in [-0.2, 0) is 16.7 Å². The van der Waals surface area contributed by atoms with Gasteiger partial charge in [0.05, 0.1) is 4.90 Å². The van der Waals surface area contributed by atoms with Gasteiger partial charge in [-0.15, -0.1) is 0 Å². The molecule has 0 aliphatic rings. The van der Waals surface area contributed by atoms with Gasteiger partial charge in [-0.25, -0.2) is 8.42 Å². The molecule has 0 aromatic heterocycles. The third kappa shape index (κ3) is 4.08. The van der Waals surface area contributed by atoms with Crippen LogP contribution in [0.5, 0.6) is 5.75 Å². The van der Waals surface area contributed by atoms with Crippen molar-refractivity contribution >= 4 is 10.1 Å². The van der Waals surface area contributed by atoms with Crippen LogP contribution in [0.25, 0.3) is 0 Å². The van der Waals surface area contributed by atoms with Crippen molar-refractivity contribution in [2.75, 3.05) is 0 Å². The Bertz CT molecular complexity index is 721. The molecule has 0 aliphatic heterocycles. The van der Waals surface area contributed by atoms with E-state index in [2.05, 4.69) is 13.8 Å². The predicted octanol–water partition coefficient (Wildman–Crippen LogP) is 3.68. The SMILES string of the molecule is CCC(C)c1ccc(OCc2ccccc2S(=O)(=O)[O-])cc1. The van der Waals surface area contributed by atoms with Gasteiger partial charge >= 0.3 is 0 Å². The lowest BCUT2D eigenvalue weighted by atomic mass is 9.99. The summed E-state index contributed by atoms with van der Waals surface area (Å²) < 4.78 is 39.2. The van der Waals surface area contributed by atoms with Crippen molar-refractivity contribution in [1.29, 1.82) is 0 Å². The molecule has 2 aromatic rings. The van der Waals surface area contributed by atoms with Crippen molar-refractivity contribution in [1.82, 2.24) is 0 Å². The lowest BCUT2D eigenvalue weighted by Crippen LogP contribution is -2.06. The monoisotopic (exact) mass is 319 g/mol. The van der Waals surface area contributed by atoms with E-state index in [-0.39, 0.29) is 11.5 Å². The Morgan fingerprint density at radius 1 is 1.09 bits per heavy atom. The molecule has 0 amide bonds. The molecule has 0 heterocycles. The lowest BCUT2D eigenvalue weighted by molar-refractivity contribution is 0.302. The zero-order chi connectivity index (χ0) is 16.2. The average molecular weight is 319 g/mol. The highest BCUT2D eigenvalue weighted by molar-refractivity contribution is 7.85. The molecule has 0 N–H and O–H groups in total. The zero-order valence-corrected chi connectivity index (χ0v) is 13.5. The average Bonchev–Trinajstić information content (AvgIpc) is 2.52. The summed E-state index contributed by atoms with van der Waals surface area (Å²) in [5, 5.41) is 0. The number of ether oxygens (including phenoxy) is 1. The van der Waals surface area contributed by atoms with E-state index in [1.165, 1.54) is 17.7 Å².